The maximum absolute atomic E-state index is 14.2. The molecule has 1 aromatic heterocycles. The third-order valence-electron chi connectivity index (χ3n) is 7.52. The van der Waals surface area contributed by atoms with Gasteiger partial charge in [0.25, 0.3) is 11.5 Å². The lowest BCUT2D eigenvalue weighted by Crippen LogP contribution is -2.32. The Balaban J connectivity index is 1.57. The van der Waals surface area contributed by atoms with E-state index in [0.717, 1.165) is 26.5 Å². The molecule has 1 aliphatic rings. The van der Waals surface area contributed by atoms with Gasteiger partial charge in [-0.05, 0) is 35.4 Å². The number of ether oxygens (including phenoxy) is 2. The molecule has 0 saturated heterocycles. The number of hydrogen-bond acceptors (Lipinski definition) is 5. The zero-order valence-electron chi connectivity index (χ0n) is 23.1. The summed E-state index contributed by atoms with van der Waals surface area (Å²) in [7, 11) is 3.11. The third-order valence-corrected chi connectivity index (χ3v) is 8.02. The maximum atomic E-state index is 14.2. The van der Waals surface area contributed by atoms with Crippen LogP contribution in [0.15, 0.2) is 117 Å². The van der Waals surface area contributed by atoms with Crippen LogP contribution in [0.25, 0.3) is 22.0 Å². The van der Waals surface area contributed by atoms with E-state index in [4.69, 9.17) is 14.6 Å². The van der Waals surface area contributed by atoms with Crippen LogP contribution < -0.4 is 10.3 Å². The summed E-state index contributed by atoms with van der Waals surface area (Å²) in [5.74, 6) is 0.292. The summed E-state index contributed by atoms with van der Waals surface area (Å²) in [5.41, 5.74) is 4.50. The molecule has 1 N–H and O–H groups in total. The molecule has 0 bridgehead atoms. The Morgan fingerprint density at radius 3 is 2.33 bits per heavy atom. The SMILES string of the molecule is COc1ccccc1[C@@H]1CC(c2c(-c3ccccc3)c3cc(Br)ccc3[nH]c2=O)=NN1C(=O)[C@@H](OC)c1ccccc1. The molecule has 6 rings (SSSR count). The van der Waals surface area contributed by atoms with Crippen LogP contribution in [0.1, 0.15) is 35.3 Å². The third kappa shape index (κ3) is 5.04. The number of carbonyl (C=O) groups is 1. The number of halogens is 1. The number of carbonyl (C=O) groups excluding carboxylic acids is 1. The molecule has 210 valence electrons. The van der Waals surface area contributed by atoms with E-state index in [0.29, 0.717) is 34.5 Å². The molecule has 0 unspecified atom stereocenters. The molecule has 0 spiro atoms. The molecular weight excluding hydrogens is 594 g/mol. The number of nitrogens with zero attached hydrogens (tertiary/aromatic N) is 2. The minimum absolute atomic E-state index is 0.276. The number of benzene rings is 4. The Hall–Kier alpha value is -4.53. The van der Waals surface area contributed by atoms with Gasteiger partial charge in [-0.25, -0.2) is 5.01 Å². The van der Waals surface area contributed by atoms with E-state index in [1.165, 1.54) is 12.1 Å². The molecule has 0 aliphatic carbocycles. The fourth-order valence-electron chi connectivity index (χ4n) is 5.62. The zero-order chi connectivity index (χ0) is 29.2. The Labute approximate surface area is 251 Å². The van der Waals surface area contributed by atoms with E-state index in [2.05, 4.69) is 20.9 Å². The van der Waals surface area contributed by atoms with E-state index >= 15 is 0 Å². The van der Waals surface area contributed by atoms with E-state index in [9.17, 15) is 9.59 Å². The van der Waals surface area contributed by atoms with Crippen molar-refractivity contribution in [1.29, 1.82) is 0 Å². The first kappa shape index (κ1) is 27.6. The van der Waals surface area contributed by atoms with E-state index in [1.807, 2.05) is 103 Å². The molecular formula is C34H28BrN3O4. The normalized spacial score (nSPS) is 15.5. The highest BCUT2D eigenvalue weighted by Gasteiger charge is 2.39. The van der Waals surface area contributed by atoms with Gasteiger partial charge in [0.1, 0.15) is 5.75 Å². The number of hydrazone groups is 1. The molecule has 1 amide bonds. The first-order valence-corrected chi connectivity index (χ1v) is 14.3. The highest BCUT2D eigenvalue weighted by Crippen LogP contribution is 2.41. The second-order valence-electron chi connectivity index (χ2n) is 9.98. The minimum Gasteiger partial charge on any atom is -0.496 e. The highest BCUT2D eigenvalue weighted by molar-refractivity contribution is 9.10. The monoisotopic (exact) mass is 621 g/mol. The molecule has 0 saturated carbocycles. The second-order valence-corrected chi connectivity index (χ2v) is 10.9. The average molecular weight is 623 g/mol. The van der Waals surface area contributed by atoms with Crippen molar-refractivity contribution in [2.45, 2.75) is 18.6 Å². The van der Waals surface area contributed by atoms with Crippen LogP contribution in [0.2, 0.25) is 0 Å². The zero-order valence-corrected chi connectivity index (χ0v) is 24.7. The highest BCUT2D eigenvalue weighted by atomic mass is 79.9. The summed E-state index contributed by atoms with van der Waals surface area (Å²) in [4.78, 5) is 31.1. The van der Waals surface area contributed by atoms with Crippen molar-refractivity contribution in [2.24, 2.45) is 5.10 Å². The van der Waals surface area contributed by atoms with Crippen molar-refractivity contribution in [3.63, 3.8) is 0 Å². The predicted octanol–water partition coefficient (Wildman–Crippen LogP) is 7.03. The smallest absolute Gasteiger partial charge is 0.276 e. The number of hydrogen-bond donors (Lipinski definition) is 1. The van der Waals surface area contributed by atoms with E-state index in [1.54, 1.807) is 7.11 Å². The van der Waals surface area contributed by atoms with Crippen LogP contribution in [0.4, 0.5) is 0 Å². The summed E-state index contributed by atoms with van der Waals surface area (Å²) in [6.07, 6.45) is -0.578. The number of nitrogens with one attached hydrogen (secondary N) is 1. The van der Waals surface area contributed by atoms with Crippen LogP contribution in [0, 0.1) is 0 Å². The molecule has 8 heteroatoms. The van der Waals surface area contributed by atoms with Gasteiger partial charge in [-0.2, -0.15) is 5.10 Å². The Bertz CT molecular complexity index is 1850. The number of H-pyrrole nitrogens is 1. The lowest BCUT2D eigenvalue weighted by molar-refractivity contribution is -0.144. The molecule has 5 aromatic rings. The largest absolute Gasteiger partial charge is 0.496 e. The molecule has 2 heterocycles. The molecule has 7 nitrogen and oxygen atoms in total. The summed E-state index contributed by atoms with van der Waals surface area (Å²) in [5, 5.41) is 7.21. The van der Waals surface area contributed by atoms with E-state index in [-0.39, 0.29) is 11.5 Å². The van der Waals surface area contributed by atoms with Crippen molar-refractivity contribution >= 4 is 38.5 Å². The average Bonchev–Trinajstić information content (AvgIpc) is 3.46. The summed E-state index contributed by atoms with van der Waals surface area (Å²) in [6.45, 7) is 0. The lowest BCUT2D eigenvalue weighted by atomic mass is 9.91. The van der Waals surface area contributed by atoms with Crippen molar-refractivity contribution in [1.82, 2.24) is 9.99 Å². The molecule has 42 heavy (non-hydrogen) atoms. The lowest BCUT2D eigenvalue weighted by Gasteiger charge is -2.27. The molecule has 0 fully saturated rings. The fraction of sp³-hybridized carbons (Fsp3) is 0.147. The Morgan fingerprint density at radius 2 is 1.62 bits per heavy atom. The first-order valence-electron chi connectivity index (χ1n) is 13.5. The van der Waals surface area contributed by atoms with Crippen LogP contribution in [0.3, 0.4) is 0 Å². The van der Waals surface area contributed by atoms with Crippen molar-refractivity contribution in [3.8, 4) is 16.9 Å². The van der Waals surface area contributed by atoms with Gasteiger partial charge in [-0.15, -0.1) is 0 Å². The maximum Gasteiger partial charge on any atom is 0.276 e. The predicted molar refractivity (Wildman–Crippen MR) is 168 cm³/mol. The van der Waals surface area contributed by atoms with Crippen LogP contribution in [-0.4, -0.2) is 35.8 Å². The fourth-order valence-corrected chi connectivity index (χ4v) is 5.98. The van der Waals surface area contributed by atoms with Crippen molar-refractivity contribution in [3.05, 3.63) is 135 Å². The standard InChI is InChI=1S/C34H28BrN3O4/c1-41-29-16-10-9-15-24(29)28-20-27(37-38(28)34(40)32(42-2)22-13-7-4-8-14-22)31-30(21-11-5-3-6-12-21)25-19-23(35)17-18-26(25)36-33(31)39/h3-19,28,32H,20H2,1-2H3,(H,36,39)/t28-,32-/m0/s1. The number of para-hydroxylation sites is 1. The Kier molecular flexibility index (Phi) is 7.73. The second kappa shape index (κ2) is 11.8. The first-order chi connectivity index (χ1) is 20.5. The molecule has 2 atom stereocenters. The van der Waals surface area contributed by atoms with Crippen LogP contribution in [-0.2, 0) is 9.53 Å². The van der Waals surface area contributed by atoms with Gasteiger partial charge >= 0.3 is 0 Å². The van der Waals surface area contributed by atoms with Gasteiger partial charge in [0.15, 0.2) is 6.10 Å². The minimum atomic E-state index is -0.883. The van der Waals surface area contributed by atoms with Gasteiger partial charge in [0.2, 0.25) is 0 Å². The van der Waals surface area contributed by atoms with Crippen molar-refractivity contribution < 1.29 is 14.3 Å². The number of amides is 1. The van der Waals surface area contributed by atoms with Gasteiger partial charge in [-0.3, -0.25) is 9.59 Å². The van der Waals surface area contributed by atoms with Gasteiger partial charge in [0, 0.05) is 40.0 Å². The number of aromatic amines is 1. The topological polar surface area (TPSA) is 84.0 Å². The van der Waals surface area contributed by atoms with Gasteiger partial charge < -0.3 is 14.5 Å². The molecule has 1 aliphatic heterocycles. The Morgan fingerprint density at radius 1 is 0.929 bits per heavy atom. The quantitative estimate of drug-likeness (QED) is 0.211. The summed E-state index contributed by atoms with van der Waals surface area (Å²) < 4.78 is 12.3. The van der Waals surface area contributed by atoms with E-state index < -0.39 is 12.1 Å². The van der Waals surface area contributed by atoms with Gasteiger partial charge in [-0.1, -0.05) is 94.8 Å². The van der Waals surface area contributed by atoms with Crippen LogP contribution in [0.5, 0.6) is 5.75 Å². The number of fused-ring (bicyclic) bond motifs is 1. The van der Waals surface area contributed by atoms with Gasteiger partial charge in [0.05, 0.1) is 24.4 Å². The number of methoxy groups -OCH3 is 2. The number of rotatable bonds is 7. The van der Waals surface area contributed by atoms with Crippen molar-refractivity contribution in [2.75, 3.05) is 14.2 Å². The summed E-state index contributed by atoms with van der Waals surface area (Å²) in [6, 6.07) is 31.9. The molecule has 4 aromatic carbocycles. The molecule has 0 radical (unpaired) electrons. The number of pyridine rings is 1. The van der Waals surface area contributed by atoms with Crippen LogP contribution >= 0.6 is 15.9 Å². The number of aromatic nitrogens is 1. The summed E-state index contributed by atoms with van der Waals surface area (Å²) >= 11 is 3.59.